The number of piperidine rings is 2. The maximum absolute atomic E-state index is 14.3. The molecule has 3 aliphatic heterocycles. The van der Waals surface area contributed by atoms with Crippen LogP contribution in [0.1, 0.15) is 55.0 Å². The van der Waals surface area contributed by atoms with E-state index in [1.165, 1.54) is 22.6 Å². The molecule has 0 saturated carbocycles. The number of aryl methyl sites for hydroxylation is 1. The molecule has 6 heterocycles. The number of thiazole rings is 1. The van der Waals surface area contributed by atoms with Crippen LogP contribution in [-0.2, 0) is 16.1 Å². The minimum Gasteiger partial charge on any atom is -0.482 e. The van der Waals surface area contributed by atoms with E-state index in [-0.39, 0.29) is 29.5 Å². The molecule has 57 heavy (non-hydrogen) atoms. The standard InChI is InChI=1S/C41H48FN11O3S/c1-26-39(29-21-36(40(43)44-23-29)56-27(2)33-22-30(42)3-9-35(33)53-45-13-14-46-53)57-38(47-26)25-51-19-17-50(18-20-51)24-28-11-15-52(16-12-28)32-6-4-31(5-7-32)48-34-8-10-37(54)49-41(34)55/h3-7,9,13-14,21-23,27-28,34,48H,8,10-12,15-20,24-25H2,1-2H3,(H2,43,44)(H,49,54,55)/t27-,34?/m1/s1. The van der Waals surface area contributed by atoms with E-state index in [0.29, 0.717) is 35.8 Å². The molecule has 2 atom stereocenters. The molecule has 2 aromatic carbocycles. The number of nitrogen functional groups attached to an aromatic ring is 1. The summed E-state index contributed by atoms with van der Waals surface area (Å²) in [5, 5.41) is 15.1. The molecule has 1 unspecified atom stereocenters. The van der Waals surface area contributed by atoms with E-state index in [1.807, 2.05) is 32.0 Å². The van der Waals surface area contributed by atoms with Crippen LogP contribution in [0.5, 0.6) is 5.75 Å². The monoisotopic (exact) mass is 793 g/mol. The number of hydrogen-bond acceptors (Lipinski definition) is 13. The van der Waals surface area contributed by atoms with Crippen molar-refractivity contribution in [3.05, 3.63) is 89.2 Å². The molecule has 298 valence electrons. The Bertz CT molecular complexity index is 2180. The minimum absolute atomic E-state index is 0.204. The maximum Gasteiger partial charge on any atom is 0.249 e. The van der Waals surface area contributed by atoms with E-state index in [1.54, 1.807) is 36.0 Å². The Morgan fingerprint density at radius 1 is 0.982 bits per heavy atom. The average molecular weight is 794 g/mol. The van der Waals surface area contributed by atoms with Crippen molar-refractivity contribution >= 4 is 40.3 Å². The molecular weight excluding hydrogens is 746 g/mol. The van der Waals surface area contributed by atoms with Crippen molar-refractivity contribution in [2.45, 2.75) is 58.2 Å². The van der Waals surface area contributed by atoms with Crippen molar-refractivity contribution < 1.29 is 18.7 Å². The lowest BCUT2D eigenvalue weighted by molar-refractivity contribution is -0.133. The number of halogens is 1. The number of hydrogen-bond donors (Lipinski definition) is 3. The van der Waals surface area contributed by atoms with Crippen LogP contribution in [0, 0.1) is 18.7 Å². The summed E-state index contributed by atoms with van der Waals surface area (Å²) in [6.07, 6.45) is 7.53. The number of imide groups is 1. The molecule has 4 N–H and O–H groups in total. The summed E-state index contributed by atoms with van der Waals surface area (Å²) < 4.78 is 20.6. The molecule has 3 aromatic heterocycles. The molecule has 3 fully saturated rings. The van der Waals surface area contributed by atoms with Gasteiger partial charge in [0.25, 0.3) is 0 Å². The van der Waals surface area contributed by atoms with E-state index in [2.05, 4.69) is 52.6 Å². The number of ether oxygens (including phenoxy) is 1. The van der Waals surface area contributed by atoms with Crippen molar-refractivity contribution in [2.24, 2.45) is 5.92 Å². The average Bonchev–Trinajstić information content (AvgIpc) is 3.88. The molecule has 0 bridgehead atoms. The Balaban J connectivity index is 0.805. The number of carbonyl (C=O) groups excluding carboxylic acids is 2. The SMILES string of the molecule is Cc1nc(CN2CCN(CC3CCN(c4ccc(NC5CCC(=O)NC5=O)cc4)CC3)CC2)sc1-c1cnc(N)c(O[C@H](C)c2cc(F)ccc2-n2nccn2)c1. The van der Waals surface area contributed by atoms with Crippen LogP contribution < -0.4 is 26.0 Å². The van der Waals surface area contributed by atoms with Crippen molar-refractivity contribution in [3.63, 3.8) is 0 Å². The summed E-state index contributed by atoms with van der Waals surface area (Å²) in [6.45, 7) is 11.9. The lowest BCUT2D eigenvalue weighted by Gasteiger charge is -2.39. The van der Waals surface area contributed by atoms with Crippen LogP contribution >= 0.6 is 11.3 Å². The second-order valence-electron chi connectivity index (χ2n) is 15.1. The zero-order valence-electron chi connectivity index (χ0n) is 32.2. The van der Waals surface area contributed by atoms with Gasteiger partial charge in [0.2, 0.25) is 11.8 Å². The number of nitrogens with two attached hydrogens (primary N) is 1. The third-order valence-corrected chi connectivity index (χ3v) is 12.3. The van der Waals surface area contributed by atoms with Crippen LogP contribution in [0.15, 0.2) is 67.1 Å². The highest BCUT2D eigenvalue weighted by Crippen LogP contribution is 2.36. The number of amides is 2. The molecule has 16 heteroatoms. The quantitative estimate of drug-likeness (QED) is 0.142. The van der Waals surface area contributed by atoms with Gasteiger partial charge in [0, 0.05) is 80.9 Å². The van der Waals surface area contributed by atoms with Gasteiger partial charge in [0.1, 0.15) is 23.0 Å². The normalized spacial score (nSPS) is 19.1. The lowest BCUT2D eigenvalue weighted by Crippen LogP contribution is -2.48. The lowest BCUT2D eigenvalue weighted by atomic mass is 9.95. The van der Waals surface area contributed by atoms with Crippen LogP contribution in [0.25, 0.3) is 16.1 Å². The predicted octanol–water partition coefficient (Wildman–Crippen LogP) is 5.21. The summed E-state index contributed by atoms with van der Waals surface area (Å²) in [7, 11) is 0. The molecular formula is C41H48FN11O3S. The summed E-state index contributed by atoms with van der Waals surface area (Å²) in [5.41, 5.74) is 11.4. The summed E-state index contributed by atoms with van der Waals surface area (Å²) in [5.74, 6) is 0.499. The van der Waals surface area contributed by atoms with Crippen LogP contribution in [0.4, 0.5) is 21.6 Å². The van der Waals surface area contributed by atoms with Gasteiger partial charge < -0.3 is 25.6 Å². The van der Waals surface area contributed by atoms with Crippen molar-refractivity contribution in [1.29, 1.82) is 0 Å². The van der Waals surface area contributed by atoms with Crippen LogP contribution in [0.2, 0.25) is 0 Å². The number of benzene rings is 2. The largest absolute Gasteiger partial charge is 0.482 e. The van der Waals surface area contributed by atoms with Gasteiger partial charge in [-0.15, -0.1) is 11.3 Å². The zero-order valence-corrected chi connectivity index (χ0v) is 33.1. The van der Waals surface area contributed by atoms with Crippen molar-refractivity contribution in [2.75, 3.05) is 61.8 Å². The predicted molar refractivity (Wildman–Crippen MR) is 218 cm³/mol. The van der Waals surface area contributed by atoms with Crippen LogP contribution in [-0.4, -0.2) is 98.4 Å². The highest BCUT2D eigenvalue weighted by molar-refractivity contribution is 7.15. The number of aromatic nitrogens is 5. The smallest absolute Gasteiger partial charge is 0.249 e. The maximum atomic E-state index is 14.3. The Hall–Kier alpha value is -5.45. The van der Waals surface area contributed by atoms with Gasteiger partial charge in [0.05, 0.1) is 35.2 Å². The zero-order chi connectivity index (χ0) is 39.5. The fraction of sp³-hybridized carbons (Fsp3) is 0.415. The van der Waals surface area contributed by atoms with Crippen molar-refractivity contribution in [1.82, 2.24) is 40.1 Å². The molecule has 3 aliphatic rings. The highest BCUT2D eigenvalue weighted by atomic mass is 32.1. The van der Waals surface area contributed by atoms with E-state index in [9.17, 15) is 14.0 Å². The molecule has 0 radical (unpaired) electrons. The number of piperazine rings is 1. The summed E-state index contributed by atoms with van der Waals surface area (Å²) in [6, 6.07) is 14.2. The molecule has 0 aliphatic carbocycles. The topological polar surface area (TPSA) is 160 Å². The Morgan fingerprint density at radius 3 is 2.46 bits per heavy atom. The van der Waals surface area contributed by atoms with Gasteiger partial charge in [-0.2, -0.15) is 15.0 Å². The van der Waals surface area contributed by atoms with Gasteiger partial charge in [-0.3, -0.25) is 19.8 Å². The molecule has 8 rings (SSSR count). The molecule has 5 aromatic rings. The summed E-state index contributed by atoms with van der Waals surface area (Å²) in [4.78, 5) is 43.0. The molecule has 2 amide bonds. The number of rotatable bonds is 12. The van der Waals surface area contributed by atoms with Crippen LogP contribution in [0.3, 0.4) is 0 Å². The van der Waals surface area contributed by atoms with Gasteiger partial charge in [-0.25, -0.2) is 14.4 Å². The number of carbonyl (C=O) groups is 2. The van der Waals surface area contributed by atoms with Gasteiger partial charge >= 0.3 is 0 Å². The van der Waals surface area contributed by atoms with Gasteiger partial charge in [-0.05, 0) is 87.6 Å². The van der Waals surface area contributed by atoms with Crippen molar-refractivity contribution in [3.8, 4) is 21.9 Å². The third kappa shape index (κ3) is 9.08. The molecule has 14 nitrogen and oxygen atoms in total. The van der Waals surface area contributed by atoms with Gasteiger partial charge in [-0.1, -0.05) is 0 Å². The minimum atomic E-state index is -0.562. The van der Waals surface area contributed by atoms with E-state index >= 15 is 0 Å². The van der Waals surface area contributed by atoms with Gasteiger partial charge in [0.15, 0.2) is 11.6 Å². The fourth-order valence-electron chi connectivity index (χ4n) is 7.95. The summed E-state index contributed by atoms with van der Waals surface area (Å²) >= 11 is 1.67. The molecule has 0 spiro atoms. The number of anilines is 3. The first-order chi connectivity index (χ1) is 27.6. The van der Waals surface area contributed by atoms with E-state index in [0.717, 1.165) is 92.0 Å². The van der Waals surface area contributed by atoms with E-state index in [4.69, 9.17) is 15.5 Å². The Labute approximate surface area is 335 Å². The third-order valence-electron chi connectivity index (χ3n) is 11.1. The first kappa shape index (κ1) is 38.4. The first-order valence-electron chi connectivity index (χ1n) is 19.6. The number of nitrogens with zero attached hydrogens (tertiary/aromatic N) is 8. The Morgan fingerprint density at radius 2 is 1.72 bits per heavy atom. The number of pyridine rings is 1. The second kappa shape index (κ2) is 17.0. The second-order valence-corrected chi connectivity index (χ2v) is 16.2. The first-order valence-corrected chi connectivity index (χ1v) is 20.4. The highest BCUT2D eigenvalue weighted by Gasteiger charge is 2.28. The van der Waals surface area contributed by atoms with E-state index < -0.39 is 6.10 Å². The molecule has 3 saturated heterocycles. The number of nitrogens with one attached hydrogen (secondary N) is 2. The Kier molecular flexibility index (Phi) is 11.4. The fourth-order valence-corrected chi connectivity index (χ4v) is 9.04.